The smallest absolute Gasteiger partial charge is 0.267 e. The molecule has 2 atom stereocenters. The summed E-state index contributed by atoms with van der Waals surface area (Å²) in [5.74, 6) is -0.326. The monoisotopic (exact) mass is 393 g/mol. The first kappa shape index (κ1) is 19.2. The van der Waals surface area contributed by atoms with Crippen LogP contribution in [0.25, 0.3) is 10.9 Å². The number of aryl methyl sites for hydroxylation is 1. The second kappa shape index (κ2) is 7.70. The Morgan fingerprint density at radius 1 is 1.17 bits per heavy atom. The molecule has 2 amide bonds. The lowest BCUT2D eigenvalue weighted by Gasteiger charge is -2.21. The Hall–Kier alpha value is -3.15. The fraction of sp³-hybridized carbons (Fsp3) is 0.304. The summed E-state index contributed by atoms with van der Waals surface area (Å²) in [6.07, 6.45) is 0.843. The van der Waals surface area contributed by atoms with Gasteiger partial charge in [-0.15, -0.1) is 0 Å². The zero-order valence-electron chi connectivity index (χ0n) is 16.5. The van der Waals surface area contributed by atoms with Gasteiger partial charge in [-0.3, -0.25) is 9.59 Å². The first-order valence-electron chi connectivity index (χ1n) is 9.85. The van der Waals surface area contributed by atoms with Crippen molar-refractivity contribution < 1.29 is 14.0 Å². The molecule has 2 N–H and O–H groups in total. The van der Waals surface area contributed by atoms with E-state index in [1.54, 1.807) is 12.1 Å². The van der Waals surface area contributed by atoms with Crippen LogP contribution in [0.2, 0.25) is 0 Å². The van der Waals surface area contributed by atoms with Crippen LogP contribution in [0.15, 0.2) is 48.5 Å². The Morgan fingerprint density at radius 2 is 1.93 bits per heavy atom. The lowest BCUT2D eigenvalue weighted by atomic mass is 10.1. The number of rotatable bonds is 4. The number of nitrogens with one attached hydrogen (secondary N) is 2. The van der Waals surface area contributed by atoms with Gasteiger partial charge in [0, 0.05) is 35.6 Å². The highest BCUT2D eigenvalue weighted by Gasteiger charge is 2.33. The minimum Gasteiger partial charge on any atom is -0.351 e. The molecule has 2 heterocycles. The number of carbonyl (C=O) groups excluding carboxylic acids is 2. The number of nitrogens with zero attached hydrogens (tertiary/aromatic N) is 1. The molecule has 6 heteroatoms. The second-order valence-corrected chi connectivity index (χ2v) is 7.90. The maximum Gasteiger partial charge on any atom is 0.267 e. The quantitative estimate of drug-likeness (QED) is 0.706. The van der Waals surface area contributed by atoms with E-state index in [0.717, 1.165) is 17.5 Å². The number of aromatic nitrogens is 1. The second-order valence-electron chi connectivity index (χ2n) is 7.90. The van der Waals surface area contributed by atoms with Crippen LogP contribution in [0.5, 0.6) is 0 Å². The van der Waals surface area contributed by atoms with Crippen molar-refractivity contribution in [2.75, 3.05) is 13.1 Å². The molecule has 0 aliphatic carbocycles. The van der Waals surface area contributed by atoms with Crippen LogP contribution in [0.4, 0.5) is 4.39 Å². The van der Waals surface area contributed by atoms with E-state index in [1.807, 2.05) is 43.0 Å². The van der Waals surface area contributed by atoms with Crippen LogP contribution in [0.3, 0.4) is 0 Å². The number of carbonyl (C=O) groups is 2. The number of hydrogen-bond acceptors (Lipinski definition) is 2. The maximum absolute atomic E-state index is 13.3. The van der Waals surface area contributed by atoms with Crippen molar-refractivity contribution in [1.82, 2.24) is 15.2 Å². The average Bonchev–Trinajstić information content (AvgIpc) is 3.29. The third kappa shape index (κ3) is 4.01. The molecule has 0 saturated carbocycles. The third-order valence-corrected chi connectivity index (χ3v) is 5.60. The molecular formula is C23H24FN3O2. The molecule has 2 unspecified atom stereocenters. The predicted molar refractivity (Wildman–Crippen MR) is 110 cm³/mol. The summed E-state index contributed by atoms with van der Waals surface area (Å²) in [5, 5.41) is 3.61. The van der Waals surface area contributed by atoms with E-state index in [1.165, 1.54) is 12.1 Å². The minimum atomic E-state index is -0.332. The third-order valence-electron chi connectivity index (χ3n) is 5.60. The van der Waals surface area contributed by atoms with Crippen molar-refractivity contribution in [3.8, 4) is 0 Å². The van der Waals surface area contributed by atoms with Crippen molar-refractivity contribution >= 4 is 22.7 Å². The van der Waals surface area contributed by atoms with Gasteiger partial charge in [0.15, 0.2) is 0 Å². The molecule has 2 aromatic carbocycles. The van der Waals surface area contributed by atoms with Crippen molar-refractivity contribution in [1.29, 1.82) is 0 Å². The zero-order valence-corrected chi connectivity index (χ0v) is 16.5. The summed E-state index contributed by atoms with van der Waals surface area (Å²) in [5.41, 5.74) is 2.94. The first-order chi connectivity index (χ1) is 13.9. The molecule has 150 valence electrons. The SMILES string of the molecule is Cc1ccc(C(=O)N2CC(CNC(=O)c3cc4cc(F)ccc4[nH]3)CC2C)cc1. The fourth-order valence-corrected chi connectivity index (χ4v) is 3.99. The Bertz CT molecular complexity index is 1060. The highest BCUT2D eigenvalue weighted by molar-refractivity contribution is 5.98. The van der Waals surface area contributed by atoms with Crippen molar-refractivity contribution in [2.45, 2.75) is 26.3 Å². The number of benzene rings is 2. The van der Waals surface area contributed by atoms with Crippen molar-refractivity contribution in [3.63, 3.8) is 0 Å². The fourth-order valence-electron chi connectivity index (χ4n) is 3.99. The molecule has 1 aliphatic rings. The summed E-state index contributed by atoms with van der Waals surface area (Å²) in [6.45, 7) is 5.14. The molecular weight excluding hydrogens is 369 g/mol. The number of H-pyrrole nitrogens is 1. The van der Waals surface area contributed by atoms with E-state index in [9.17, 15) is 14.0 Å². The van der Waals surface area contributed by atoms with Gasteiger partial charge < -0.3 is 15.2 Å². The molecule has 29 heavy (non-hydrogen) atoms. The Labute approximate surface area is 168 Å². The molecule has 1 fully saturated rings. The van der Waals surface area contributed by atoms with Gasteiger partial charge in [0.05, 0.1) is 0 Å². The highest BCUT2D eigenvalue weighted by atomic mass is 19.1. The normalized spacial score (nSPS) is 18.9. The summed E-state index contributed by atoms with van der Waals surface area (Å²) in [6, 6.07) is 13.8. The molecule has 0 spiro atoms. The van der Waals surface area contributed by atoms with Gasteiger partial charge in [0.25, 0.3) is 11.8 Å². The Morgan fingerprint density at radius 3 is 2.69 bits per heavy atom. The summed E-state index contributed by atoms with van der Waals surface area (Å²) < 4.78 is 13.3. The van der Waals surface area contributed by atoms with Gasteiger partial charge in [0.1, 0.15) is 11.5 Å². The largest absolute Gasteiger partial charge is 0.351 e. The summed E-state index contributed by atoms with van der Waals surface area (Å²) >= 11 is 0. The van der Waals surface area contributed by atoms with Crippen LogP contribution >= 0.6 is 0 Å². The zero-order chi connectivity index (χ0) is 20.5. The van der Waals surface area contributed by atoms with Gasteiger partial charge >= 0.3 is 0 Å². The van der Waals surface area contributed by atoms with Crippen LogP contribution in [-0.4, -0.2) is 40.8 Å². The highest BCUT2D eigenvalue weighted by Crippen LogP contribution is 2.25. The van der Waals surface area contributed by atoms with E-state index >= 15 is 0 Å². The predicted octanol–water partition coefficient (Wildman–Crippen LogP) is 3.90. The number of fused-ring (bicyclic) bond motifs is 1. The molecule has 1 aliphatic heterocycles. The Kier molecular flexibility index (Phi) is 5.09. The van der Waals surface area contributed by atoms with E-state index < -0.39 is 0 Å². The average molecular weight is 393 g/mol. The van der Waals surface area contributed by atoms with E-state index in [-0.39, 0.29) is 29.6 Å². The van der Waals surface area contributed by atoms with Gasteiger partial charge in [0.2, 0.25) is 0 Å². The van der Waals surface area contributed by atoms with E-state index in [4.69, 9.17) is 0 Å². The summed E-state index contributed by atoms with van der Waals surface area (Å²) in [4.78, 5) is 30.2. The molecule has 1 aromatic heterocycles. The van der Waals surface area contributed by atoms with Gasteiger partial charge in [-0.05, 0) is 62.6 Å². The lowest BCUT2D eigenvalue weighted by Crippen LogP contribution is -2.35. The standard InChI is InChI=1S/C23H24FN3O2/c1-14-3-5-17(6-4-14)23(29)27-13-16(9-15(27)2)12-25-22(28)21-11-18-10-19(24)7-8-20(18)26-21/h3-8,10-11,15-16,26H,9,12-13H2,1-2H3,(H,25,28). The number of aromatic amines is 1. The van der Waals surface area contributed by atoms with Crippen LogP contribution in [-0.2, 0) is 0 Å². The number of amides is 2. The van der Waals surface area contributed by atoms with Crippen molar-refractivity contribution in [2.24, 2.45) is 5.92 Å². The topological polar surface area (TPSA) is 65.2 Å². The molecule has 5 nitrogen and oxygen atoms in total. The number of likely N-dealkylation sites (tertiary alicyclic amines) is 1. The molecule has 3 aromatic rings. The summed E-state index contributed by atoms with van der Waals surface area (Å²) in [7, 11) is 0. The number of halogens is 1. The van der Waals surface area contributed by atoms with Gasteiger partial charge in [-0.1, -0.05) is 17.7 Å². The van der Waals surface area contributed by atoms with Crippen LogP contribution in [0.1, 0.15) is 39.8 Å². The lowest BCUT2D eigenvalue weighted by molar-refractivity contribution is 0.0743. The van der Waals surface area contributed by atoms with Crippen LogP contribution in [0, 0.1) is 18.7 Å². The maximum atomic E-state index is 13.3. The minimum absolute atomic E-state index is 0.0315. The first-order valence-corrected chi connectivity index (χ1v) is 9.85. The molecule has 0 radical (unpaired) electrons. The van der Waals surface area contributed by atoms with E-state index in [0.29, 0.717) is 29.7 Å². The van der Waals surface area contributed by atoms with Crippen LogP contribution < -0.4 is 5.32 Å². The molecule has 1 saturated heterocycles. The molecule has 0 bridgehead atoms. The number of hydrogen-bond donors (Lipinski definition) is 2. The van der Waals surface area contributed by atoms with E-state index in [2.05, 4.69) is 10.3 Å². The molecule has 4 rings (SSSR count). The van der Waals surface area contributed by atoms with Gasteiger partial charge in [-0.25, -0.2) is 4.39 Å². The van der Waals surface area contributed by atoms with Gasteiger partial charge in [-0.2, -0.15) is 0 Å². The van der Waals surface area contributed by atoms with Crippen molar-refractivity contribution in [3.05, 3.63) is 71.2 Å². The Balaban J connectivity index is 1.36.